The number of aryl methyl sites for hydroxylation is 1. The second kappa shape index (κ2) is 9.99. The Balaban J connectivity index is 1.65. The van der Waals surface area contributed by atoms with Crippen LogP contribution in [0, 0.1) is 17.0 Å². The fourth-order valence-corrected chi connectivity index (χ4v) is 4.65. The van der Waals surface area contributed by atoms with Gasteiger partial charge in [-0.15, -0.1) is 0 Å². The van der Waals surface area contributed by atoms with E-state index in [0.29, 0.717) is 11.3 Å². The second-order valence-electron chi connectivity index (χ2n) is 8.11. The third-order valence-electron chi connectivity index (χ3n) is 5.42. The van der Waals surface area contributed by atoms with Crippen LogP contribution in [0.2, 0.25) is 0 Å². The summed E-state index contributed by atoms with van der Waals surface area (Å²) in [6.07, 6.45) is 0. The molecule has 188 valence electrons. The molecule has 0 saturated heterocycles. The molecule has 11 heteroatoms. The Morgan fingerprint density at radius 2 is 1.49 bits per heavy atom. The van der Waals surface area contributed by atoms with E-state index in [9.17, 15) is 33.5 Å². The number of ketones is 1. The van der Waals surface area contributed by atoms with Gasteiger partial charge in [0, 0.05) is 17.4 Å². The van der Waals surface area contributed by atoms with Gasteiger partial charge in [0.2, 0.25) is 5.78 Å². The van der Waals surface area contributed by atoms with Crippen LogP contribution in [0.15, 0.2) is 89.8 Å². The predicted octanol–water partition coefficient (Wildman–Crippen LogP) is 5.09. The lowest BCUT2D eigenvalue weighted by Gasteiger charge is -2.12. The first-order valence-electron chi connectivity index (χ1n) is 10.9. The van der Waals surface area contributed by atoms with Crippen molar-refractivity contribution >= 4 is 38.6 Å². The molecule has 0 radical (unpaired) electrons. The summed E-state index contributed by atoms with van der Waals surface area (Å²) in [6.45, 7) is 1.72. The van der Waals surface area contributed by atoms with Crippen molar-refractivity contribution in [3.63, 3.8) is 0 Å². The molecule has 0 fully saturated rings. The van der Waals surface area contributed by atoms with E-state index in [2.05, 4.69) is 10.0 Å². The maximum absolute atomic E-state index is 13.0. The van der Waals surface area contributed by atoms with E-state index in [4.69, 9.17) is 0 Å². The third-order valence-corrected chi connectivity index (χ3v) is 6.80. The second-order valence-corrected chi connectivity index (χ2v) is 9.80. The first-order valence-corrected chi connectivity index (χ1v) is 12.3. The monoisotopic (exact) mass is 519 g/mol. The minimum atomic E-state index is -4.32. The summed E-state index contributed by atoms with van der Waals surface area (Å²) >= 11 is 0. The zero-order valence-corrected chi connectivity index (χ0v) is 20.2. The molecule has 4 N–H and O–H groups in total. The SMILES string of the molecule is Cc1ccc(O)c(C(=O)c2cc(NS(=O)(=O)c3ccc(Nc4ccccc4)c([N+](=O)[O-])c3)ccc2O)c1. The van der Waals surface area contributed by atoms with Crippen molar-refractivity contribution in [2.24, 2.45) is 0 Å². The molecule has 0 aromatic heterocycles. The van der Waals surface area contributed by atoms with Gasteiger partial charge in [0.25, 0.3) is 15.7 Å². The summed E-state index contributed by atoms with van der Waals surface area (Å²) in [7, 11) is -4.32. The summed E-state index contributed by atoms with van der Waals surface area (Å²) in [5.74, 6) is -1.43. The van der Waals surface area contributed by atoms with Crippen molar-refractivity contribution in [2.45, 2.75) is 11.8 Å². The normalized spacial score (nSPS) is 11.1. The lowest BCUT2D eigenvalue weighted by Crippen LogP contribution is -2.14. The molecule has 4 aromatic rings. The summed E-state index contributed by atoms with van der Waals surface area (Å²) < 4.78 is 28.4. The third kappa shape index (κ3) is 5.52. The van der Waals surface area contributed by atoms with Crippen LogP contribution in [-0.2, 0) is 10.0 Å². The number of carbonyl (C=O) groups excluding carboxylic acids is 1. The van der Waals surface area contributed by atoms with Crippen LogP contribution in [0.3, 0.4) is 0 Å². The topological polar surface area (TPSA) is 159 Å². The van der Waals surface area contributed by atoms with Crippen LogP contribution in [0.5, 0.6) is 11.5 Å². The van der Waals surface area contributed by atoms with Gasteiger partial charge in [0.15, 0.2) is 0 Å². The Morgan fingerprint density at radius 3 is 2.16 bits per heavy atom. The molecule has 0 aliphatic carbocycles. The standard InChI is InChI=1S/C26H21N3O7S/c1-16-7-11-24(30)20(13-16)26(32)21-14-18(8-12-25(21)31)28-37(35,36)19-9-10-22(23(15-19)29(33)34)27-17-5-3-2-4-6-17/h2-15,27-28,30-31H,1H3. The van der Waals surface area contributed by atoms with Gasteiger partial charge in [-0.3, -0.25) is 19.6 Å². The molecule has 0 saturated carbocycles. The molecule has 10 nitrogen and oxygen atoms in total. The number of anilines is 3. The minimum Gasteiger partial charge on any atom is -0.507 e. The number of aromatic hydroxyl groups is 2. The molecule has 0 spiro atoms. The van der Waals surface area contributed by atoms with Gasteiger partial charge in [-0.1, -0.05) is 29.8 Å². The quantitative estimate of drug-likeness (QED) is 0.108. The van der Waals surface area contributed by atoms with Crippen LogP contribution in [0.1, 0.15) is 21.5 Å². The highest BCUT2D eigenvalue weighted by Crippen LogP contribution is 2.32. The number of benzene rings is 4. The molecule has 37 heavy (non-hydrogen) atoms. The van der Waals surface area contributed by atoms with Crippen molar-refractivity contribution in [3.8, 4) is 11.5 Å². The van der Waals surface area contributed by atoms with Gasteiger partial charge in [-0.05, 0) is 61.5 Å². The van der Waals surface area contributed by atoms with Gasteiger partial charge in [-0.25, -0.2) is 8.42 Å². The van der Waals surface area contributed by atoms with Gasteiger partial charge >= 0.3 is 0 Å². The van der Waals surface area contributed by atoms with Crippen molar-refractivity contribution in [2.75, 3.05) is 10.0 Å². The summed E-state index contributed by atoms with van der Waals surface area (Å²) in [6, 6.07) is 20.0. The van der Waals surface area contributed by atoms with Crippen molar-refractivity contribution in [3.05, 3.63) is 112 Å². The number of hydrogen-bond acceptors (Lipinski definition) is 8. The number of nitrogens with one attached hydrogen (secondary N) is 2. The first-order chi connectivity index (χ1) is 17.5. The molecule has 4 aromatic carbocycles. The number of nitro groups is 1. The molecule has 0 bridgehead atoms. The van der Waals surface area contributed by atoms with E-state index < -0.39 is 32.2 Å². The van der Waals surface area contributed by atoms with Gasteiger partial charge < -0.3 is 15.5 Å². The number of nitro benzene ring substituents is 1. The van der Waals surface area contributed by atoms with Crippen molar-refractivity contribution in [1.29, 1.82) is 0 Å². The summed E-state index contributed by atoms with van der Waals surface area (Å²) in [5, 5.41) is 34.9. The van der Waals surface area contributed by atoms with Crippen molar-refractivity contribution in [1.82, 2.24) is 0 Å². The molecule has 0 amide bonds. The Bertz CT molecular complexity index is 1620. The van der Waals surface area contributed by atoms with E-state index in [1.165, 1.54) is 30.3 Å². The Labute approximate surface area is 212 Å². The average Bonchev–Trinajstić information content (AvgIpc) is 2.86. The van der Waals surface area contributed by atoms with E-state index in [1.807, 2.05) is 0 Å². The number of rotatable bonds is 8. The predicted molar refractivity (Wildman–Crippen MR) is 138 cm³/mol. The molecule has 0 unspecified atom stereocenters. The Hall–Kier alpha value is -4.90. The number of nitrogens with zero attached hydrogens (tertiary/aromatic N) is 1. The Morgan fingerprint density at radius 1 is 0.838 bits per heavy atom. The lowest BCUT2D eigenvalue weighted by molar-refractivity contribution is -0.384. The molecular weight excluding hydrogens is 498 g/mol. The molecule has 4 rings (SSSR count). The smallest absolute Gasteiger partial charge is 0.294 e. The zero-order chi connectivity index (χ0) is 26.7. The van der Waals surface area contributed by atoms with E-state index in [-0.39, 0.29) is 33.1 Å². The fraction of sp³-hybridized carbons (Fsp3) is 0.0385. The summed E-state index contributed by atoms with van der Waals surface area (Å²) in [4.78, 5) is 23.5. The number of sulfonamides is 1. The number of para-hydroxylation sites is 1. The van der Waals surface area contributed by atoms with Crippen LogP contribution in [-0.4, -0.2) is 29.3 Å². The average molecular weight is 520 g/mol. The van der Waals surface area contributed by atoms with Gasteiger partial charge in [0.05, 0.1) is 20.9 Å². The largest absolute Gasteiger partial charge is 0.507 e. The summed E-state index contributed by atoms with van der Waals surface area (Å²) in [5.41, 5.74) is 0.558. The molecular formula is C26H21N3O7S. The maximum Gasteiger partial charge on any atom is 0.294 e. The minimum absolute atomic E-state index is 0.0626. The lowest BCUT2D eigenvalue weighted by atomic mass is 9.99. The van der Waals surface area contributed by atoms with Gasteiger partial charge in [-0.2, -0.15) is 0 Å². The number of carbonyl (C=O) groups is 1. The first kappa shape index (κ1) is 25.2. The van der Waals surface area contributed by atoms with E-state index >= 15 is 0 Å². The molecule has 0 heterocycles. The molecule has 0 aliphatic rings. The number of hydrogen-bond donors (Lipinski definition) is 4. The highest BCUT2D eigenvalue weighted by molar-refractivity contribution is 7.92. The highest BCUT2D eigenvalue weighted by atomic mass is 32.2. The number of phenols is 2. The fourth-order valence-electron chi connectivity index (χ4n) is 3.58. The van der Waals surface area contributed by atoms with E-state index in [0.717, 1.165) is 18.2 Å². The zero-order valence-electron chi connectivity index (χ0n) is 19.4. The van der Waals surface area contributed by atoms with E-state index in [1.54, 1.807) is 43.3 Å². The highest BCUT2D eigenvalue weighted by Gasteiger charge is 2.23. The molecule has 0 atom stereocenters. The maximum atomic E-state index is 13.0. The number of phenolic OH excluding ortho intramolecular Hbond substituents is 2. The van der Waals surface area contributed by atoms with Crippen LogP contribution >= 0.6 is 0 Å². The van der Waals surface area contributed by atoms with Gasteiger partial charge in [0.1, 0.15) is 17.2 Å². The van der Waals surface area contributed by atoms with Crippen molar-refractivity contribution < 1.29 is 28.3 Å². The van der Waals surface area contributed by atoms with Crippen LogP contribution in [0.25, 0.3) is 0 Å². The Kier molecular flexibility index (Phi) is 6.81. The molecule has 0 aliphatic heterocycles. The van der Waals surface area contributed by atoms with Crippen LogP contribution < -0.4 is 10.0 Å². The van der Waals surface area contributed by atoms with Crippen LogP contribution in [0.4, 0.5) is 22.7 Å².